The van der Waals surface area contributed by atoms with E-state index in [1.54, 1.807) is 0 Å². The highest BCUT2D eigenvalue weighted by Crippen LogP contribution is 2.29. The molecule has 0 saturated carbocycles. The topological polar surface area (TPSA) is 17.8 Å². The van der Waals surface area contributed by atoms with Gasteiger partial charge < -0.3 is 4.57 Å². The van der Waals surface area contributed by atoms with Crippen molar-refractivity contribution in [2.75, 3.05) is 0 Å². The maximum absolute atomic E-state index is 4.60. The summed E-state index contributed by atoms with van der Waals surface area (Å²) in [6, 6.07) is 18.9. The molecule has 0 N–H and O–H groups in total. The van der Waals surface area contributed by atoms with Crippen LogP contribution in [0.5, 0.6) is 0 Å². The summed E-state index contributed by atoms with van der Waals surface area (Å²) in [4.78, 5) is 4.60. The lowest BCUT2D eigenvalue weighted by molar-refractivity contribution is 0.840. The number of hydrogen-bond donors (Lipinski definition) is 0. The Labute approximate surface area is 127 Å². The highest BCUT2D eigenvalue weighted by molar-refractivity contribution is 9.10. The van der Waals surface area contributed by atoms with Crippen LogP contribution in [0.3, 0.4) is 0 Å². The Bertz CT molecular complexity index is 728. The molecule has 0 radical (unpaired) electrons. The molecule has 100 valence electrons. The summed E-state index contributed by atoms with van der Waals surface area (Å²) in [6.45, 7) is 2.01. The first-order valence-corrected chi connectivity index (χ1v) is 7.31. The van der Waals surface area contributed by atoms with E-state index in [-0.39, 0.29) is 0 Å². The highest BCUT2D eigenvalue weighted by atomic mass is 79.9. The van der Waals surface area contributed by atoms with Crippen LogP contribution < -0.4 is 0 Å². The fourth-order valence-corrected chi connectivity index (χ4v) is 2.79. The quantitative estimate of drug-likeness (QED) is 0.659. The van der Waals surface area contributed by atoms with E-state index >= 15 is 0 Å². The minimum absolute atomic E-state index is 0.990. The Morgan fingerprint density at radius 2 is 1.40 bits per heavy atom. The van der Waals surface area contributed by atoms with Gasteiger partial charge in [-0.3, -0.25) is 0 Å². The van der Waals surface area contributed by atoms with Crippen molar-refractivity contribution >= 4 is 15.9 Å². The summed E-state index contributed by atoms with van der Waals surface area (Å²) < 4.78 is 3.06. The Kier molecular flexibility index (Phi) is 3.45. The van der Waals surface area contributed by atoms with Crippen molar-refractivity contribution in [1.82, 2.24) is 9.55 Å². The summed E-state index contributed by atoms with van der Waals surface area (Å²) in [6.07, 6.45) is 0. The third kappa shape index (κ3) is 2.29. The van der Waals surface area contributed by atoms with Crippen LogP contribution in [0, 0.1) is 6.92 Å². The lowest BCUT2D eigenvalue weighted by atomic mass is 10.0. The average Bonchev–Trinajstić information content (AvgIpc) is 2.76. The van der Waals surface area contributed by atoms with Crippen molar-refractivity contribution in [3.63, 3.8) is 0 Å². The Hall–Kier alpha value is -1.87. The predicted octanol–water partition coefficient (Wildman–Crippen LogP) is 4.83. The molecule has 0 fully saturated rings. The van der Waals surface area contributed by atoms with E-state index in [2.05, 4.69) is 69.4 Å². The SMILES string of the molecule is Cc1nc(-c2ccc(-c3ccccc3)cc2)c(Br)n1C. The second kappa shape index (κ2) is 5.25. The molecule has 3 aromatic rings. The van der Waals surface area contributed by atoms with Gasteiger partial charge in [-0.05, 0) is 34.0 Å². The normalized spacial score (nSPS) is 10.8. The molecule has 0 saturated heterocycles. The molecule has 3 rings (SSSR count). The highest BCUT2D eigenvalue weighted by Gasteiger charge is 2.11. The predicted molar refractivity (Wildman–Crippen MR) is 86.5 cm³/mol. The van der Waals surface area contributed by atoms with Crippen molar-refractivity contribution in [3.8, 4) is 22.4 Å². The summed E-state index contributed by atoms with van der Waals surface area (Å²) in [5.74, 6) is 0.999. The summed E-state index contributed by atoms with van der Waals surface area (Å²) in [5.41, 5.74) is 4.57. The lowest BCUT2D eigenvalue weighted by Gasteiger charge is -2.03. The fourth-order valence-electron chi connectivity index (χ4n) is 2.22. The van der Waals surface area contributed by atoms with E-state index in [4.69, 9.17) is 0 Å². The molecule has 0 aliphatic carbocycles. The molecule has 1 aromatic heterocycles. The Balaban J connectivity index is 1.99. The molecule has 0 spiro atoms. The number of rotatable bonds is 2. The number of aryl methyl sites for hydroxylation is 1. The van der Waals surface area contributed by atoms with Crippen LogP contribution in [0.1, 0.15) is 5.82 Å². The molecule has 0 aliphatic heterocycles. The van der Waals surface area contributed by atoms with Crippen LogP contribution in [-0.4, -0.2) is 9.55 Å². The second-order valence-corrected chi connectivity index (χ2v) is 5.55. The fraction of sp³-hybridized carbons (Fsp3) is 0.118. The smallest absolute Gasteiger partial charge is 0.112 e. The molecule has 0 aliphatic rings. The average molecular weight is 327 g/mol. The minimum atomic E-state index is 0.990. The number of aromatic nitrogens is 2. The molecule has 0 amide bonds. The molecule has 3 heteroatoms. The number of hydrogen-bond acceptors (Lipinski definition) is 1. The van der Waals surface area contributed by atoms with Crippen molar-refractivity contribution in [2.24, 2.45) is 7.05 Å². The van der Waals surface area contributed by atoms with Crippen LogP contribution in [0.2, 0.25) is 0 Å². The Morgan fingerprint density at radius 1 is 0.850 bits per heavy atom. The van der Waals surface area contributed by atoms with E-state index in [1.165, 1.54) is 11.1 Å². The zero-order chi connectivity index (χ0) is 14.1. The van der Waals surface area contributed by atoms with E-state index in [0.717, 1.165) is 21.7 Å². The minimum Gasteiger partial charge on any atom is -0.326 e. The van der Waals surface area contributed by atoms with Crippen LogP contribution >= 0.6 is 15.9 Å². The number of benzene rings is 2. The van der Waals surface area contributed by atoms with Crippen molar-refractivity contribution < 1.29 is 0 Å². The van der Waals surface area contributed by atoms with E-state index in [0.29, 0.717) is 0 Å². The van der Waals surface area contributed by atoms with Gasteiger partial charge in [-0.25, -0.2) is 4.98 Å². The molecule has 20 heavy (non-hydrogen) atoms. The number of nitrogens with zero attached hydrogens (tertiary/aromatic N) is 2. The molecule has 1 heterocycles. The maximum Gasteiger partial charge on any atom is 0.112 e. The van der Waals surface area contributed by atoms with Crippen LogP contribution in [0.4, 0.5) is 0 Å². The molecule has 0 atom stereocenters. The number of halogens is 1. The van der Waals surface area contributed by atoms with E-state index in [1.807, 2.05) is 24.6 Å². The zero-order valence-corrected chi connectivity index (χ0v) is 13.1. The van der Waals surface area contributed by atoms with Crippen molar-refractivity contribution in [3.05, 3.63) is 65.0 Å². The van der Waals surface area contributed by atoms with Crippen molar-refractivity contribution in [2.45, 2.75) is 6.92 Å². The summed E-state index contributed by atoms with van der Waals surface area (Å²) >= 11 is 3.60. The summed E-state index contributed by atoms with van der Waals surface area (Å²) in [7, 11) is 2.01. The molecular formula is C17H15BrN2. The van der Waals surface area contributed by atoms with Gasteiger partial charge in [0.25, 0.3) is 0 Å². The van der Waals surface area contributed by atoms with Gasteiger partial charge in [0.05, 0.1) is 0 Å². The first-order chi connectivity index (χ1) is 9.66. The molecule has 0 unspecified atom stereocenters. The standard InChI is InChI=1S/C17H15BrN2/c1-12-19-16(17(18)20(12)2)15-10-8-14(9-11-15)13-6-4-3-5-7-13/h3-11H,1-2H3. The van der Waals surface area contributed by atoms with Gasteiger partial charge in [-0.1, -0.05) is 54.6 Å². The Morgan fingerprint density at radius 3 is 1.95 bits per heavy atom. The molecular weight excluding hydrogens is 312 g/mol. The van der Waals surface area contributed by atoms with E-state index < -0.39 is 0 Å². The van der Waals surface area contributed by atoms with E-state index in [9.17, 15) is 0 Å². The van der Waals surface area contributed by atoms with Crippen molar-refractivity contribution in [1.29, 1.82) is 0 Å². The molecule has 2 aromatic carbocycles. The maximum atomic E-state index is 4.60. The van der Waals surface area contributed by atoms with Crippen LogP contribution in [0.15, 0.2) is 59.2 Å². The van der Waals surface area contributed by atoms with Gasteiger partial charge in [0.1, 0.15) is 16.1 Å². The third-order valence-electron chi connectivity index (χ3n) is 3.51. The van der Waals surface area contributed by atoms with Gasteiger partial charge in [0, 0.05) is 12.6 Å². The lowest BCUT2D eigenvalue weighted by Crippen LogP contribution is -1.90. The summed E-state index contributed by atoms with van der Waals surface area (Å²) in [5, 5.41) is 0. The third-order valence-corrected chi connectivity index (χ3v) is 4.42. The van der Waals surface area contributed by atoms with Gasteiger partial charge in [0.15, 0.2) is 0 Å². The van der Waals surface area contributed by atoms with Gasteiger partial charge in [-0.15, -0.1) is 0 Å². The number of imidazole rings is 1. The van der Waals surface area contributed by atoms with Gasteiger partial charge >= 0.3 is 0 Å². The van der Waals surface area contributed by atoms with Crippen LogP contribution in [-0.2, 0) is 7.05 Å². The second-order valence-electron chi connectivity index (χ2n) is 4.80. The monoisotopic (exact) mass is 326 g/mol. The van der Waals surface area contributed by atoms with Gasteiger partial charge in [-0.2, -0.15) is 0 Å². The van der Waals surface area contributed by atoms with Crippen LogP contribution in [0.25, 0.3) is 22.4 Å². The first kappa shape index (κ1) is 13.1. The van der Waals surface area contributed by atoms with Gasteiger partial charge in [0.2, 0.25) is 0 Å². The zero-order valence-electron chi connectivity index (χ0n) is 11.5. The molecule has 2 nitrogen and oxygen atoms in total. The first-order valence-electron chi connectivity index (χ1n) is 6.51. The molecule has 0 bridgehead atoms. The largest absolute Gasteiger partial charge is 0.326 e.